The highest BCUT2D eigenvalue weighted by atomic mass is 19.4. The molecule has 1 amide bonds. The highest BCUT2D eigenvalue weighted by molar-refractivity contribution is 5.82. The number of fused-ring (bicyclic) bond motifs is 1. The van der Waals surface area contributed by atoms with Crippen LogP contribution in [0.4, 0.5) is 13.2 Å². The molecule has 9 heteroatoms. The monoisotopic (exact) mass is 417 g/mol. The first kappa shape index (κ1) is 21.3. The Morgan fingerprint density at radius 3 is 2.72 bits per heavy atom. The van der Waals surface area contributed by atoms with Gasteiger partial charge in [0.2, 0.25) is 5.91 Å². The first-order chi connectivity index (χ1) is 13.8. The van der Waals surface area contributed by atoms with Crippen LogP contribution in [0.25, 0.3) is 0 Å². The summed E-state index contributed by atoms with van der Waals surface area (Å²) in [5.74, 6) is -0.135. The van der Waals surface area contributed by atoms with Crippen LogP contribution in [0.3, 0.4) is 0 Å². The third-order valence-electron chi connectivity index (χ3n) is 7.78. The molecule has 166 valence electrons. The Hall–Kier alpha value is -0.900. The lowest BCUT2D eigenvalue weighted by molar-refractivity contribution is -0.175. The fourth-order valence-corrected chi connectivity index (χ4v) is 6.04. The van der Waals surface area contributed by atoms with E-state index in [9.17, 15) is 18.0 Å². The van der Waals surface area contributed by atoms with E-state index in [1.54, 1.807) is 0 Å². The number of amides is 1. The van der Waals surface area contributed by atoms with Crippen molar-refractivity contribution in [3.8, 4) is 0 Å². The highest BCUT2D eigenvalue weighted by Gasteiger charge is 2.56. The molecule has 0 aromatic carbocycles. The van der Waals surface area contributed by atoms with Crippen LogP contribution in [0.1, 0.15) is 45.4 Å². The summed E-state index contributed by atoms with van der Waals surface area (Å²) >= 11 is 0. The van der Waals surface area contributed by atoms with Crippen molar-refractivity contribution in [2.24, 2.45) is 23.7 Å². The van der Waals surface area contributed by atoms with Gasteiger partial charge in [-0.3, -0.25) is 9.69 Å². The van der Waals surface area contributed by atoms with Crippen molar-refractivity contribution >= 4 is 5.91 Å². The molecule has 3 N–H and O–H groups in total. The van der Waals surface area contributed by atoms with Crippen molar-refractivity contribution in [1.82, 2.24) is 26.0 Å². The van der Waals surface area contributed by atoms with Crippen LogP contribution >= 0.6 is 0 Å². The number of carbonyl (C=O) groups is 1. The molecular weight excluding hydrogens is 383 g/mol. The minimum absolute atomic E-state index is 0.0366. The molecule has 1 saturated carbocycles. The number of rotatable bonds is 4. The van der Waals surface area contributed by atoms with Crippen molar-refractivity contribution < 1.29 is 18.0 Å². The predicted octanol–water partition coefficient (Wildman–Crippen LogP) is 1.89. The van der Waals surface area contributed by atoms with E-state index in [2.05, 4.69) is 35.0 Å². The van der Waals surface area contributed by atoms with Crippen LogP contribution in [-0.2, 0) is 4.79 Å². The Bertz CT molecular complexity index is 603. The molecule has 3 saturated heterocycles. The van der Waals surface area contributed by atoms with Gasteiger partial charge in [0, 0.05) is 24.4 Å². The molecule has 1 aliphatic carbocycles. The average Bonchev–Trinajstić information content (AvgIpc) is 3.24. The van der Waals surface area contributed by atoms with E-state index in [-0.39, 0.29) is 25.0 Å². The van der Waals surface area contributed by atoms with Gasteiger partial charge in [-0.2, -0.15) is 13.2 Å². The standard InChI is InChI=1S/C20H34F3N5O/c1-12(8-17-26-25-11-27(17)2)13-4-3-5-14(9-13)28-10-16-15(19(28)29)6-7-24-18(16)20(21,22)23/h12-18,24-26H,3-11H2,1-2H3/t12-,13?,14?,15?,16?,17?,18?/m1/s1. The summed E-state index contributed by atoms with van der Waals surface area (Å²) in [5, 5.41) is 2.62. The first-order valence-electron chi connectivity index (χ1n) is 11.0. The minimum Gasteiger partial charge on any atom is -0.339 e. The van der Waals surface area contributed by atoms with Crippen molar-refractivity contribution in [3.63, 3.8) is 0 Å². The van der Waals surface area contributed by atoms with Gasteiger partial charge in [0.1, 0.15) is 6.04 Å². The lowest BCUT2D eigenvalue weighted by Gasteiger charge is -2.39. The molecule has 4 aliphatic rings. The van der Waals surface area contributed by atoms with E-state index < -0.39 is 24.1 Å². The fraction of sp³-hybridized carbons (Fsp3) is 0.950. The van der Waals surface area contributed by atoms with Crippen LogP contribution in [-0.4, -0.2) is 66.9 Å². The van der Waals surface area contributed by atoms with Gasteiger partial charge in [0.25, 0.3) is 0 Å². The fourth-order valence-electron chi connectivity index (χ4n) is 6.04. The largest absolute Gasteiger partial charge is 0.404 e. The quantitative estimate of drug-likeness (QED) is 0.652. The molecule has 0 radical (unpaired) electrons. The molecule has 6 nitrogen and oxygen atoms in total. The molecular formula is C20H34F3N5O. The van der Waals surface area contributed by atoms with E-state index in [0.717, 1.165) is 38.8 Å². The molecule has 6 unspecified atom stereocenters. The Kier molecular flexibility index (Phi) is 6.12. The number of nitrogens with zero attached hydrogens (tertiary/aromatic N) is 2. The van der Waals surface area contributed by atoms with Gasteiger partial charge in [-0.1, -0.05) is 19.8 Å². The van der Waals surface area contributed by atoms with E-state index in [1.165, 1.54) is 0 Å². The summed E-state index contributed by atoms with van der Waals surface area (Å²) < 4.78 is 40.4. The van der Waals surface area contributed by atoms with Crippen LogP contribution in [0.5, 0.6) is 0 Å². The third kappa shape index (κ3) is 4.29. The smallest absolute Gasteiger partial charge is 0.339 e. The lowest BCUT2D eigenvalue weighted by Crippen LogP contribution is -2.54. The van der Waals surface area contributed by atoms with Gasteiger partial charge in [-0.15, -0.1) is 0 Å². The second-order valence-electron chi connectivity index (χ2n) is 9.57. The summed E-state index contributed by atoms with van der Waals surface area (Å²) in [4.78, 5) is 17.1. The van der Waals surface area contributed by atoms with Gasteiger partial charge in [-0.05, 0) is 51.1 Å². The third-order valence-corrected chi connectivity index (χ3v) is 7.78. The molecule has 7 atom stereocenters. The first-order valence-corrected chi connectivity index (χ1v) is 11.0. The minimum atomic E-state index is -4.29. The van der Waals surface area contributed by atoms with Gasteiger partial charge in [-0.25, -0.2) is 10.9 Å². The van der Waals surface area contributed by atoms with Gasteiger partial charge >= 0.3 is 6.18 Å². The van der Waals surface area contributed by atoms with Crippen molar-refractivity contribution in [3.05, 3.63) is 0 Å². The summed E-state index contributed by atoms with van der Waals surface area (Å²) in [7, 11) is 2.09. The van der Waals surface area contributed by atoms with Crippen LogP contribution < -0.4 is 16.2 Å². The SMILES string of the molecule is C[C@H](CC1NNCN1C)C1CCCC(N2CC3C(CCNC3C(F)(F)F)C2=O)C1. The van der Waals surface area contributed by atoms with Gasteiger partial charge in [0.15, 0.2) is 0 Å². The Balaban J connectivity index is 1.40. The zero-order valence-corrected chi connectivity index (χ0v) is 17.3. The zero-order chi connectivity index (χ0) is 20.8. The molecule has 4 fully saturated rings. The maximum absolute atomic E-state index is 13.5. The molecule has 4 rings (SSSR count). The summed E-state index contributed by atoms with van der Waals surface area (Å²) in [5.41, 5.74) is 6.46. The Morgan fingerprint density at radius 2 is 2.03 bits per heavy atom. The number of hydrogen-bond donors (Lipinski definition) is 3. The van der Waals surface area contributed by atoms with Gasteiger partial charge < -0.3 is 10.2 Å². The van der Waals surface area contributed by atoms with E-state index in [0.29, 0.717) is 24.4 Å². The maximum Gasteiger partial charge on any atom is 0.404 e. The molecule has 0 spiro atoms. The summed E-state index contributed by atoms with van der Waals surface area (Å²) in [6, 6.07) is -1.46. The normalized spacial score (nSPS) is 40.3. The van der Waals surface area contributed by atoms with E-state index in [1.807, 2.05) is 4.90 Å². The molecule has 3 aliphatic heterocycles. The number of piperidine rings is 1. The van der Waals surface area contributed by atoms with E-state index >= 15 is 0 Å². The second-order valence-corrected chi connectivity index (χ2v) is 9.57. The van der Waals surface area contributed by atoms with Crippen molar-refractivity contribution in [1.29, 1.82) is 0 Å². The number of alkyl halides is 3. The number of halogens is 3. The van der Waals surface area contributed by atoms with Crippen LogP contribution in [0, 0.1) is 23.7 Å². The summed E-state index contributed by atoms with van der Waals surface area (Å²) in [6.07, 6.45) is 1.58. The predicted molar refractivity (Wildman–Crippen MR) is 103 cm³/mol. The highest BCUT2D eigenvalue weighted by Crippen LogP contribution is 2.43. The molecule has 0 aromatic rings. The second kappa shape index (κ2) is 8.32. The van der Waals surface area contributed by atoms with Crippen molar-refractivity contribution in [2.45, 2.75) is 69.9 Å². The Labute approximate surface area is 170 Å². The number of hydrazine groups is 1. The van der Waals surface area contributed by atoms with Crippen molar-refractivity contribution in [2.75, 3.05) is 26.8 Å². The number of carbonyl (C=O) groups excluding carboxylic acids is 1. The number of nitrogens with one attached hydrogen (secondary N) is 3. The van der Waals surface area contributed by atoms with Crippen LogP contribution in [0.2, 0.25) is 0 Å². The lowest BCUT2D eigenvalue weighted by atomic mass is 9.76. The maximum atomic E-state index is 13.5. The van der Waals surface area contributed by atoms with Gasteiger partial charge in [0.05, 0.1) is 12.8 Å². The molecule has 0 aromatic heterocycles. The summed E-state index contributed by atoms with van der Waals surface area (Å²) in [6.45, 7) is 3.62. The zero-order valence-electron chi connectivity index (χ0n) is 17.3. The Morgan fingerprint density at radius 1 is 1.24 bits per heavy atom. The molecule has 3 heterocycles. The average molecular weight is 418 g/mol. The molecule has 29 heavy (non-hydrogen) atoms. The van der Waals surface area contributed by atoms with E-state index in [4.69, 9.17) is 0 Å². The topological polar surface area (TPSA) is 59.6 Å². The van der Waals surface area contributed by atoms with Crippen LogP contribution in [0.15, 0.2) is 0 Å². The number of likely N-dealkylation sites (tertiary alicyclic amines) is 1. The number of hydrogen-bond acceptors (Lipinski definition) is 5. The molecule has 0 bridgehead atoms.